The lowest BCUT2D eigenvalue weighted by Gasteiger charge is -2.09. The van der Waals surface area contributed by atoms with Crippen molar-refractivity contribution in [2.45, 2.75) is 0 Å². The topological polar surface area (TPSA) is 54.3 Å². The third-order valence-electron chi connectivity index (χ3n) is 3.36. The molecule has 0 unspecified atom stereocenters. The summed E-state index contributed by atoms with van der Waals surface area (Å²) in [6, 6.07) is 15.2. The Labute approximate surface area is 171 Å². The Morgan fingerprint density at radius 3 is 2.38 bits per heavy atom. The highest BCUT2D eigenvalue weighted by atomic mass is 79.9. The lowest BCUT2D eigenvalue weighted by molar-refractivity contribution is 0.0951. The van der Waals surface area contributed by atoms with E-state index in [9.17, 15) is 9.18 Å². The highest BCUT2D eigenvalue weighted by Gasteiger charge is 2.14. The van der Waals surface area contributed by atoms with Crippen molar-refractivity contribution in [2.24, 2.45) is 0 Å². The lowest BCUT2D eigenvalue weighted by atomic mass is 10.2. The summed E-state index contributed by atoms with van der Waals surface area (Å²) in [5.41, 5.74) is 0.999. The standard InChI is InChI=1S/C18H11Br2FN2O2S/c19-11-3-1-10(2-4-11)15-7-8-16(25-15)17(24)23-18(26)22-14-6-5-12(20)9-13(14)21/h1-9H,(H2,22,23,24,26). The Kier molecular flexibility index (Phi) is 5.85. The third kappa shape index (κ3) is 4.57. The van der Waals surface area contributed by atoms with Gasteiger partial charge in [-0.3, -0.25) is 10.1 Å². The molecule has 0 saturated carbocycles. The van der Waals surface area contributed by atoms with Gasteiger partial charge < -0.3 is 9.73 Å². The molecular weight excluding hydrogens is 487 g/mol. The van der Waals surface area contributed by atoms with Crippen molar-refractivity contribution in [1.29, 1.82) is 0 Å². The second-order valence-electron chi connectivity index (χ2n) is 5.20. The molecule has 1 heterocycles. The van der Waals surface area contributed by atoms with Crippen molar-refractivity contribution in [2.75, 3.05) is 5.32 Å². The minimum absolute atomic E-state index is 0.0298. The van der Waals surface area contributed by atoms with Crippen LogP contribution in [0.1, 0.15) is 10.6 Å². The predicted molar refractivity (Wildman–Crippen MR) is 110 cm³/mol. The molecule has 4 nitrogen and oxygen atoms in total. The van der Waals surface area contributed by atoms with E-state index < -0.39 is 11.7 Å². The summed E-state index contributed by atoms with van der Waals surface area (Å²) in [5, 5.41) is 5.07. The first-order chi connectivity index (χ1) is 12.4. The van der Waals surface area contributed by atoms with Gasteiger partial charge in [0.1, 0.15) is 11.6 Å². The van der Waals surface area contributed by atoms with E-state index in [0.717, 1.165) is 10.0 Å². The van der Waals surface area contributed by atoms with Crippen LogP contribution in [0.3, 0.4) is 0 Å². The van der Waals surface area contributed by atoms with E-state index in [1.54, 1.807) is 18.2 Å². The molecule has 0 aliphatic heterocycles. The summed E-state index contributed by atoms with van der Waals surface area (Å²) in [6.45, 7) is 0. The molecule has 0 radical (unpaired) electrons. The van der Waals surface area contributed by atoms with Crippen molar-refractivity contribution in [3.63, 3.8) is 0 Å². The van der Waals surface area contributed by atoms with Gasteiger partial charge in [0.15, 0.2) is 10.9 Å². The molecule has 3 aromatic rings. The highest BCUT2D eigenvalue weighted by Crippen LogP contribution is 2.24. The van der Waals surface area contributed by atoms with Gasteiger partial charge in [0.2, 0.25) is 0 Å². The number of benzene rings is 2. The monoisotopic (exact) mass is 496 g/mol. The van der Waals surface area contributed by atoms with Crippen LogP contribution in [0.25, 0.3) is 11.3 Å². The molecule has 0 aliphatic carbocycles. The fraction of sp³-hybridized carbons (Fsp3) is 0. The molecule has 0 atom stereocenters. The van der Waals surface area contributed by atoms with Crippen LogP contribution in [-0.4, -0.2) is 11.0 Å². The molecule has 0 aliphatic rings. The van der Waals surface area contributed by atoms with E-state index in [2.05, 4.69) is 42.5 Å². The van der Waals surface area contributed by atoms with Crippen LogP contribution in [0.4, 0.5) is 10.1 Å². The van der Waals surface area contributed by atoms with Gasteiger partial charge in [-0.2, -0.15) is 0 Å². The molecule has 2 N–H and O–H groups in total. The Bertz CT molecular complexity index is 974. The fourth-order valence-electron chi connectivity index (χ4n) is 2.14. The van der Waals surface area contributed by atoms with Crippen LogP contribution in [0.5, 0.6) is 0 Å². The van der Waals surface area contributed by atoms with Crippen molar-refractivity contribution in [1.82, 2.24) is 5.32 Å². The number of amides is 1. The summed E-state index contributed by atoms with van der Waals surface area (Å²) in [6.07, 6.45) is 0. The zero-order valence-corrected chi connectivity index (χ0v) is 17.0. The molecule has 2 aromatic carbocycles. The number of carbonyl (C=O) groups is 1. The first-order valence-corrected chi connectivity index (χ1v) is 9.35. The number of hydrogen-bond acceptors (Lipinski definition) is 3. The molecule has 26 heavy (non-hydrogen) atoms. The summed E-state index contributed by atoms with van der Waals surface area (Å²) in [7, 11) is 0. The molecule has 0 bridgehead atoms. The molecule has 0 fully saturated rings. The summed E-state index contributed by atoms with van der Waals surface area (Å²) in [4.78, 5) is 12.2. The van der Waals surface area contributed by atoms with Crippen molar-refractivity contribution in [3.05, 3.63) is 75.1 Å². The van der Waals surface area contributed by atoms with Gasteiger partial charge in [0, 0.05) is 14.5 Å². The smallest absolute Gasteiger partial charge is 0.293 e. The van der Waals surface area contributed by atoms with E-state index in [4.69, 9.17) is 16.6 Å². The van der Waals surface area contributed by atoms with Gasteiger partial charge in [0.05, 0.1) is 5.69 Å². The normalized spacial score (nSPS) is 10.4. The number of rotatable bonds is 3. The molecule has 3 rings (SSSR count). The first kappa shape index (κ1) is 18.8. The Hall–Kier alpha value is -2.03. The van der Waals surface area contributed by atoms with Crippen molar-refractivity contribution >= 4 is 60.8 Å². The van der Waals surface area contributed by atoms with E-state index >= 15 is 0 Å². The maximum Gasteiger partial charge on any atom is 0.293 e. The zero-order valence-electron chi connectivity index (χ0n) is 13.1. The predicted octanol–water partition coefficient (Wildman–Crippen LogP) is 5.74. The number of furan rings is 1. The van der Waals surface area contributed by atoms with E-state index in [1.165, 1.54) is 12.1 Å². The molecule has 8 heteroatoms. The molecule has 1 aromatic heterocycles. The summed E-state index contributed by atoms with van der Waals surface area (Å²) < 4.78 is 20.9. The maximum atomic E-state index is 13.8. The fourth-order valence-corrected chi connectivity index (χ4v) is 2.94. The van der Waals surface area contributed by atoms with Crippen LogP contribution in [0, 0.1) is 5.82 Å². The number of nitrogens with one attached hydrogen (secondary N) is 2. The molecule has 1 amide bonds. The van der Waals surface area contributed by atoms with E-state index in [0.29, 0.717) is 10.2 Å². The largest absolute Gasteiger partial charge is 0.451 e. The third-order valence-corrected chi connectivity index (χ3v) is 4.59. The first-order valence-electron chi connectivity index (χ1n) is 7.35. The average Bonchev–Trinajstić information content (AvgIpc) is 3.08. The van der Waals surface area contributed by atoms with Gasteiger partial charge in [0.25, 0.3) is 5.91 Å². The SMILES string of the molecule is O=C(NC(=S)Nc1ccc(Br)cc1F)c1ccc(-c2ccc(Br)cc2)o1. The van der Waals surface area contributed by atoms with Crippen LogP contribution in [-0.2, 0) is 0 Å². The van der Waals surface area contributed by atoms with Gasteiger partial charge in [-0.05, 0) is 54.7 Å². The van der Waals surface area contributed by atoms with Crippen molar-refractivity contribution < 1.29 is 13.6 Å². The Balaban J connectivity index is 1.66. The zero-order chi connectivity index (χ0) is 18.7. The number of thiocarbonyl (C=S) groups is 1. The van der Waals surface area contributed by atoms with Gasteiger partial charge in [-0.25, -0.2) is 4.39 Å². The van der Waals surface area contributed by atoms with Crippen molar-refractivity contribution in [3.8, 4) is 11.3 Å². The number of halogens is 3. The minimum Gasteiger partial charge on any atom is -0.451 e. The van der Waals surface area contributed by atoms with Gasteiger partial charge >= 0.3 is 0 Å². The number of carbonyl (C=O) groups excluding carboxylic acids is 1. The molecule has 0 spiro atoms. The highest BCUT2D eigenvalue weighted by molar-refractivity contribution is 9.10. The minimum atomic E-state index is -0.525. The average molecular weight is 498 g/mol. The molecule has 0 saturated heterocycles. The number of anilines is 1. The summed E-state index contributed by atoms with van der Waals surface area (Å²) >= 11 is 11.6. The van der Waals surface area contributed by atoms with Crippen LogP contribution in [0.2, 0.25) is 0 Å². The van der Waals surface area contributed by atoms with E-state index in [-0.39, 0.29) is 16.6 Å². The molecular formula is C18H11Br2FN2O2S. The second kappa shape index (κ2) is 8.11. The summed E-state index contributed by atoms with van der Waals surface area (Å²) in [5.74, 6) is -0.362. The molecule has 132 valence electrons. The second-order valence-corrected chi connectivity index (χ2v) is 7.44. The van der Waals surface area contributed by atoms with Gasteiger partial charge in [-0.15, -0.1) is 0 Å². The maximum absolute atomic E-state index is 13.8. The van der Waals surface area contributed by atoms with Crippen LogP contribution < -0.4 is 10.6 Å². The lowest BCUT2D eigenvalue weighted by Crippen LogP contribution is -2.34. The van der Waals surface area contributed by atoms with Gasteiger partial charge in [-0.1, -0.05) is 44.0 Å². The van der Waals surface area contributed by atoms with Crippen LogP contribution >= 0.6 is 44.1 Å². The Morgan fingerprint density at radius 2 is 1.69 bits per heavy atom. The quantitative estimate of drug-likeness (QED) is 0.453. The van der Waals surface area contributed by atoms with E-state index in [1.807, 2.05) is 24.3 Å². The Morgan fingerprint density at radius 1 is 1.00 bits per heavy atom. The van der Waals surface area contributed by atoms with Crippen LogP contribution in [0.15, 0.2) is 68.0 Å². The number of hydrogen-bond donors (Lipinski definition) is 2.